The second kappa shape index (κ2) is 6.17. The SMILES string of the molecule is O=[N+]([O-])c1ccc(N2CCC[C@@H](C3OCCO3)C2)c(Cl)c1. The molecule has 2 fully saturated rings. The Bertz CT molecular complexity index is 534. The summed E-state index contributed by atoms with van der Waals surface area (Å²) in [4.78, 5) is 12.5. The highest BCUT2D eigenvalue weighted by Gasteiger charge is 2.31. The minimum atomic E-state index is -0.436. The number of nitrogens with zero attached hydrogens (tertiary/aromatic N) is 2. The highest BCUT2D eigenvalue weighted by atomic mass is 35.5. The topological polar surface area (TPSA) is 64.8 Å². The molecule has 0 aromatic heterocycles. The summed E-state index contributed by atoms with van der Waals surface area (Å²) in [5.41, 5.74) is 0.852. The smallest absolute Gasteiger partial charge is 0.271 e. The number of non-ortho nitro benzene ring substituents is 1. The van der Waals surface area contributed by atoms with Gasteiger partial charge in [-0.3, -0.25) is 10.1 Å². The van der Waals surface area contributed by atoms with Crippen molar-refractivity contribution in [3.63, 3.8) is 0 Å². The summed E-state index contributed by atoms with van der Waals surface area (Å²) in [5, 5.41) is 11.2. The van der Waals surface area contributed by atoms with Gasteiger partial charge >= 0.3 is 0 Å². The molecule has 2 heterocycles. The normalized spacial score (nSPS) is 23.5. The molecule has 0 radical (unpaired) electrons. The minimum absolute atomic E-state index is 0.0137. The number of hydrogen-bond donors (Lipinski definition) is 0. The molecular formula is C14H17ClN2O4. The molecule has 0 saturated carbocycles. The van der Waals surface area contributed by atoms with Gasteiger partial charge < -0.3 is 14.4 Å². The van der Waals surface area contributed by atoms with Crippen LogP contribution in [0.4, 0.5) is 11.4 Å². The molecule has 114 valence electrons. The first kappa shape index (κ1) is 14.6. The van der Waals surface area contributed by atoms with Crippen LogP contribution in [0.2, 0.25) is 5.02 Å². The van der Waals surface area contributed by atoms with E-state index in [1.807, 2.05) is 0 Å². The van der Waals surface area contributed by atoms with Gasteiger partial charge in [0, 0.05) is 31.1 Å². The van der Waals surface area contributed by atoms with Crippen molar-refractivity contribution in [1.82, 2.24) is 0 Å². The van der Waals surface area contributed by atoms with Crippen LogP contribution in [0.25, 0.3) is 0 Å². The number of hydrogen-bond acceptors (Lipinski definition) is 5. The van der Waals surface area contributed by atoms with Crippen LogP contribution in [0.3, 0.4) is 0 Å². The number of benzene rings is 1. The molecule has 1 atom stereocenters. The van der Waals surface area contributed by atoms with Crippen LogP contribution in [0, 0.1) is 16.0 Å². The zero-order chi connectivity index (χ0) is 14.8. The van der Waals surface area contributed by atoms with Gasteiger partial charge in [-0.1, -0.05) is 11.6 Å². The van der Waals surface area contributed by atoms with Crippen LogP contribution in [-0.4, -0.2) is 37.5 Å². The van der Waals surface area contributed by atoms with Gasteiger partial charge in [0.05, 0.1) is 28.8 Å². The van der Waals surface area contributed by atoms with Gasteiger partial charge in [-0.25, -0.2) is 0 Å². The first-order valence-corrected chi connectivity index (χ1v) is 7.45. The highest BCUT2D eigenvalue weighted by molar-refractivity contribution is 6.33. The van der Waals surface area contributed by atoms with Crippen LogP contribution >= 0.6 is 11.6 Å². The molecule has 2 aliphatic heterocycles. The minimum Gasteiger partial charge on any atom is -0.370 e. The van der Waals surface area contributed by atoms with E-state index in [4.69, 9.17) is 21.1 Å². The van der Waals surface area contributed by atoms with Crippen molar-refractivity contribution in [3.8, 4) is 0 Å². The van der Waals surface area contributed by atoms with Crippen LogP contribution in [0.15, 0.2) is 18.2 Å². The number of nitro groups is 1. The maximum Gasteiger partial charge on any atom is 0.271 e. The van der Waals surface area contributed by atoms with Gasteiger partial charge in [0.15, 0.2) is 6.29 Å². The molecule has 6 nitrogen and oxygen atoms in total. The second-order valence-corrected chi connectivity index (χ2v) is 5.76. The summed E-state index contributed by atoms with van der Waals surface area (Å²) in [5.74, 6) is 0.313. The van der Waals surface area contributed by atoms with Crippen LogP contribution in [-0.2, 0) is 9.47 Å². The van der Waals surface area contributed by atoms with E-state index in [1.54, 1.807) is 6.07 Å². The molecule has 21 heavy (non-hydrogen) atoms. The third-order valence-corrected chi connectivity index (χ3v) is 4.28. The third kappa shape index (κ3) is 3.12. The summed E-state index contributed by atoms with van der Waals surface area (Å²) in [6.07, 6.45) is 1.96. The highest BCUT2D eigenvalue weighted by Crippen LogP contribution is 2.34. The first-order valence-electron chi connectivity index (χ1n) is 7.07. The van der Waals surface area contributed by atoms with E-state index in [9.17, 15) is 10.1 Å². The van der Waals surface area contributed by atoms with E-state index in [0.29, 0.717) is 24.2 Å². The fraction of sp³-hybridized carbons (Fsp3) is 0.571. The molecule has 0 bridgehead atoms. The van der Waals surface area contributed by atoms with Gasteiger partial charge in [-0.2, -0.15) is 0 Å². The summed E-state index contributed by atoms with van der Waals surface area (Å²) < 4.78 is 11.2. The number of halogens is 1. The largest absolute Gasteiger partial charge is 0.370 e. The van der Waals surface area contributed by atoms with Crippen molar-refractivity contribution in [1.29, 1.82) is 0 Å². The predicted octanol–water partition coefficient (Wildman–Crippen LogP) is 2.84. The molecule has 2 saturated heterocycles. The molecule has 0 unspecified atom stereocenters. The molecular weight excluding hydrogens is 296 g/mol. The van der Waals surface area contributed by atoms with Gasteiger partial charge in [-0.05, 0) is 18.9 Å². The van der Waals surface area contributed by atoms with Crippen molar-refractivity contribution >= 4 is 23.0 Å². The van der Waals surface area contributed by atoms with E-state index in [1.165, 1.54) is 12.1 Å². The molecule has 7 heteroatoms. The summed E-state index contributed by atoms with van der Waals surface area (Å²) >= 11 is 6.21. The van der Waals surface area contributed by atoms with Crippen molar-refractivity contribution in [2.75, 3.05) is 31.2 Å². The monoisotopic (exact) mass is 312 g/mol. The molecule has 1 aromatic rings. The van der Waals surface area contributed by atoms with Gasteiger partial charge in [0.25, 0.3) is 5.69 Å². The maximum atomic E-state index is 10.8. The predicted molar refractivity (Wildman–Crippen MR) is 78.7 cm³/mol. The van der Waals surface area contributed by atoms with Crippen molar-refractivity contribution in [2.24, 2.45) is 5.92 Å². The Kier molecular flexibility index (Phi) is 4.28. The zero-order valence-corrected chi connectivity index (χ0v) is 12.3. The lowest BCUT2D eigenvalue weighted by atomic mass is 9.97. The van der Waals surface area contributed by atoms with Crippen molar-refractivity contribution in [3.05, 3.63) is 33.3 Å². The van der Waals surface area contributed by atoms with Gasteiger partial charge in [-0.15, -0.1) is 0 Å². The first-order chi connectivity index (χ1) is 10.1. The number of anilines is 1. The summed E-state index contributed by atoms with van der Waals surface area (Å²) in [7, 11) is 0. The van der Waals surface area contributed by atoms with E-state index in [0.717, 1.165) is 31.6 Å². The summed E-state index contributed by atoms with van der Waals surface area (Å²) in [6.45, 7) is 2.99. The average Bonchev–Trinajstić information content (AvgIpc) is 3.01. The second-order valence-electron chi connectivity index (χ2n) is 5.35. The number of ether oxygens (including phenoxy) is 2. The molecule has 0 amide bonds. The lowest BCUT2D eigenvalue weighted by Crippen LogP contribution is -2.40. The van der Waals surface area contributed by atoms with Gasteiger partial charge in [0.1, 0.15) is 0 Å². The van der Waals surface area contributed by atoms with Crippen molar-refractivity contribution < 1.29 is 14.4 Å². The van der Waals surface area contributed by atoms with Crippen LogP contribution in [0.1, 0.15) is 12.8 Å². The maximum absolute atomic E-state index is 10.8. The Morgan fingerprint density at radius 1 is 1.33 bits per heavy atom. The number of nitro benzene ring substituents is 1. The molecule has 3 rings (SSSR count). The van der Waals surface area contributed by atoms with E-state index in [2.05, 4.69) is 4.90 Å². The summed E-state index contributed by atoms with van der Waals surface area (Å²) in [6, 6.07) is 4.62. The molecule has 0 aliphatic carbocycles. The standard InChI is InChI=1S/C14H17ClN2O4/c15-12-8-11(17(18)19)3-4-13(12)16-5-1-2-10(9-16)14-20-6-7-21-14/h3-4,8,10,14H,1-2,5-7,9H2/t10-/m1/s1. The number of piperidine rings is 1. The number of rotatable bonds is 3. The Morgan fingerprint density at radius 3 is 2.76 bits per heavy atom. The van der Waals surface area contributed by atoms with E-state index in [-0.39, 0.29) is 12.0 Å². The Hall–Kier alpha value is -1.37. The van der Waals surface area contributed by atoms with Crippen LogP contribution in [0.5, 0.6) is 0 Å². The van der Waals surface area contributed by atoms with E-state index >= 15 is 0 Å². The quantitative estimate of drug-likeness (QED) is 0.634. The van der Waals surface area contributed by atoms with Crippen molar-refractivity contribution in [2.45, 2.75) is 19.1 Å². The molecule has 0 N–H and O–H groups in total. The fourth-order valence-corrected chi connectivity index (χ4v) is 3.26. The van der Waals surface area contributed by atoms with Gasteiger partial charge in [0.2, 0.25) is 0 Å². The molecule has 2 aliphatic rings. The molecule has 0 spiro atoms. The Morgan fingerprint density at radius 2 is 2.10 bits per heavy atom. The third-order valence-electron chi connectivity index (χ3n) is 3.97. The lowest BCUT2D eigenvalue weighted by molar-refractivity contribution is -0.384. The fourth-order valence-electron chi connectivity index (χ4n) is 2.97. The van der Waals surface area contributed by atoms with Crippen LogP contribution < -0.4 is 4.90 Å². The Labute approximate surface area is 127 Å². The molecule has 1 aromatic carbocycles. The Balaban J connectivity index is 1.75. The zero-order valence-electron chi connectivity index (χ0n) is 11.5. The lowest BCUT2D eigenvalue weighted by Gasteiger charge is -2.36. The average molecular weight is 313 g/mol. The van der Waals surface area contributed by atoms with E-state index < -0.39 is 4.92 Å².